The van der Waals surface area contributed by atoms with Crippen molar-refractivity contribution in [2.75, 3.05) is 24.6 Å². The summed E-state index contributed by atoms with van der Waals surface area (Å²) < 4.78 is 28.9. The largest absolute Gasteiger partial charge is 0.444 e. The Morgan fingerprint density at radius 2 is 1.91 bits per heavy atom. The molecule has 1 atom stereocenters. The molecule has 0 unspecified atom stereocenters. The van der Waals surface area contributed by atoms with E-state index >= 15 is 0 Å². The predicted molar refractivity (Wildman–Crippen MR) is 87.8 cm³/mol. The first kappa shape index (κ1) is 19.7. The number of rotatable bonds is 5. The molecule has 0 radical (unpaired) electrons. The Kier molecular flexibility index (Phi) is 6.44. The third-order valence-electron chi connectivity index (χ3n) is 3.14. The van der Waals surface area contributed by atoms with Crippen LogP contribution in [0.2, 0.25) is 0 Å². The number of sulfone groups is 1. The van der Waals surface area contributed by atoms with E-state index in [0.29, 0.717) is 19.5 Å². The molecule has 7 nitrogen and oxygen atoms in total. The van der Waals surface area contributed by atoms with Crippen LogP contribution in [0.25, 0.3) is 0 Å². The van der Waals surface area contributed by atoms with Crippen LogP contribution in [-0.2, 0) is 19.4 Å². The highest BCUT2D eigenvalue weighted by Gasteiger charge is 2.31. The highest BCUT2D eigenvalue weighted by Crippen LogP contribution is 2.15. The average Bonchev–Trinajstić information content (AvgIpc) is 2.71. The van der Waals surface area contributed by atoms with Gasteiger partial charge in [-0.25, -0.2) is 13.2 Å². The Balaban J connectivity index is 2.46. The zero-order valence-electron chi connectivity index (χ0n) is 14.6. The summed E-state index contributed by atoms with van der Waals surface area (Å²) in [5.74, 6) is -1.04. The van der Waals surface area contributed by atoms with Gasteiger partial charge in [-0.15, -0.1) is 0 Å². The zero-order chi connectivity index (χ0) is 17.8. The van der Waals surface area contributed by atoms with Crippen LogP contribution >= 0.6 is 0 Å². The van der Waals surface area contributed by atoms with Gasteiger partial charge in [-0.3, -0.25) is 4.79 Å². The normalized spacial score (nSPS) is 19.0. The third-order valence-corrected chi connectivity index (χ3v) is 5.02. The molecule has 0 aliphatic carbocycles. The molecular weight excluding hydrogens is 320 g/mol. The fourth-order valence-electron chi connectivity index (χ4n) is 2.41. The van der Waals surface area contributed by atoms with E-state index in [-0.39, 0.29) is 17.7 Å². The van der Waals surface area contributed by atoms with Gasteiger partial charge in [0.25, 0.3) is 0 Å². The Morgan fingerprint density at radius 3 is 2.43 bits per heavy atom. The van der Waals surface area contributed by atoms with E-state index in [1.54, 1.807) is 34.6 Å². The summed E-state index contributed by atoms with van der Waals surface area (Å²) in [4.78, 5) is 25.3. The first-order valence-electron chi connectivity index (χ1n) is 7.85. The smallest absolute Gasteiger partial charge is 0.410 e. The van der Waals surface area contributed by atoms with Crippen LogP contribution in [0.4, 0.5) is 4.79 Å². The molecule has 1 fully saturated rings. The Bertz CT molecular complexity index is 537. The zero-order valence-corrected chi connectivity index (χ0v) is 15.4. The number of nitrogens with zero attached hydrogens (tertiary/aromatic N) is 1. The monoisotopic (exact) mass is 348 g/mol. The lowest BCUT2D eigenvalue weighted by Crippen LogP contribution is -2.42. The maximum Gasteiger partial charge on any atom is 0.410 e. The number of nitrogens with one attached hydrogen (secondary N) is 1. The van der Waals surface area contributed by atoms with Gasteiger partial charge < -0.3 is 15.0 Å². The van der Waals surface area contributed by atoms with Crippen molar-refractivity contribution in [3.8, 4) is 0 Å². The number of carbonyl (C=O) groups excluding carboxylic acids is 2. The SMILES string of the molecule is CC(C)CS(=O)(=O)CC(=O)N[C@@H]1CCN(C(=O)OC(C)(C)C)C1. The van der Waals surface area contributed by atoms with Crippen LogP contribution in [0.15, 0.2) is 0 Å². The van der Waals surface area contributed by atoms with Gasteiger partial charge in [0.2, 0.25) is 5.91 Å². The van der Waals surface area contributed by atoms with Gasteiger partial charge in [-0.1, -0.05) is 13.8 Å². The highest BCUT2D eigenvalue weighted by molar-refractivity contribution is 7.92. The van der Waals surface area contributed by atoms with E-state index in [9.17, 15) is 18.0 Å². The molecule has 1 N–H and O–H groups in total. The molecule has 1 aliphatic heterocycles. The van der Waals surface area contributed by atoms with Crippen molar-refractivity contribution in [3.63, 3.8) is 0 Å². The number of likely N-dealkylation sites (tertiary alicyclic amines) is 1. The molecule has 8 heteroatoms. The molecule has 0 spiro atoms. The van der Waals surface area contributed by atoms with Gasteiger partial charge in [0.15, 0.2) is 9.84 Å². The second-order valence-electron chi connectivity index (χ2n) is 7.43. The summed E-state index contributed by atoms with van der Waals surface area (Å²) in [6.45, 7) is 9.79. The molecule has 1 heterocycles. The van der Waals surface area contributed by atoms with Crippen molar-refractivity contribution in [2.45, 2.75) is 52.7 Å². The molecule has 0 bridgehead atoms. The maximum atomic E-state index is 11.9. The van der Waals surface area contributed by atoms with E-state index in [1.807, 2.05) is 0 Å². The Morgan fingerprint density at radius 1 is 1.30 bits per heavy atom. The fraction of sp³-hybridized carbons (Fsp3) is 0.867. The Hall–Kier alpha value is -1.31. The van der Waals surface area contributed by atoms with Crippen LogP contribution in [-0.4, -0.2) is 61.6 Å². The van der Waals surface area contributed by atoms with Crippen LogP contribution in [0.1, 0.15) is 41.0 Å². The van der Waals surface area contributed by atoms with Crippen molar-refractivity contribution in [2.24, 2.45) is 5.92 Å². The van der Waals surface area contributed by atoms with Crippen molar-refractivity contribution in [1.29, 1.82) is 0 Å². The van der Waals surface area contributed by atoms with E-state index in [0.717, 1.165) is 0 Å². The standard InChI is InChI=1S/C15H28N2O5S/c1-11(2)9-23(20,21)10-13(18)16-12-6-7-17(8-12)14(19)22-15(3,4)5/h11-12H,6-10H2,1-5H3,(H,16,18)/t12-/m1/s1. The molecular formula is C15H28N2O5S. The summed E-state index contributed by atoms with van der Waals surface area (Å²) in [6, 6.07) is -0.232. The second-order valence-corrected chi connectivity index (χ2v) is 9.54. The number of hydrogen-bond donors (Lipinski definition) is 1. The molecule has 0 aromatic carbocycles. The molecule has 0 aromatic heterocycles. The van der Waals surface area contributed by atoms with Gasteiger partial charge in [0.1, 0.15) is 11.4 Å². The number of ether oxygens (including phenoxy) is 1. The number of carbonyl (C=O) groups is 2. The lowest BCUT2D eigenvalue weighted by molar-refractivity contribution is -0.119. The van der Waals surface area contributed by atoms with Gasteiger partial charge in [-0.05, 0) is 33.1 Å². The summed E-state index contributed by atoms with van der Waals surface area (Å²) in [6.07, 6.45) is 0.177. The van der Waals surface area contributed by atoms with E-state index in [2.05, 4.69) is 5.32 Å². The fourth-order valence-corrected chi connectivity index (χ4v) is 4.02. The molecule has 134 valence electrons. The summed E-state index contributed by atoms with van der Waals surface area (Å²) in [5.41, 5.74) is -0.566. The first-order valence-corrected chi connectivity index (χ1v) is 9.68. The van der Waals surface area contributed by atoms with Crippen molar-refractivity contribution >= 4 is 21.8 Å². The van der Waals surface area contributed by atoms with Crippen molar-refractivity contribution in [3.05, 3.63) is 0 Å². The molecule has 1 aliphatic rings. The minimum Gasteiger partial charge on any atom is -0.444 e. The van der Waals surface area contributed by atoms with E-state index in [1.165, 1.54) is 4.90 Å². The van der Waals surface area contributed by atoms with Crippen LogP contribution in [0, 0.1) is 5.92 Å². The van der Waals surface area contributed by atoms with Crippen molar-refractivity contribution < 1.29 is 22.7 Å². The topological polar surface area (TPSA) is 92.8 Å². The van der Waals surface area contributed by atoms with Gasteiger partial charge in [0, 0.05) is 19.1 Å². The molecule has 0 saturated carbocycles. The summed E-state index contributed by atoms with van der Waals surface area (Å²) in [7, 11) is -3.39. The second kappa shape index (κ2) is 7.51. The van der Waals surface area contributed by atoms with Crippen molar-refractivity contribution in [1.82, 2.24) is 10.2 Å². The van der Waals surface area contributed by atoms with Gasteiger partial charge in [-0.2, -0.15) is 0 Å². The number of amides is 2. The van der Waals surface area contributed by atoms with Gasteiger partial charge >= 0.3 is 6.09 Å². The third kappa shape index (κ3) is 7.67. The minimum atomic E-state index is -3.39. The molecule has 0 aromatic rings. The quantitative estimate of drug-likeness (QED) is 0.805. The lowest BCUT2D eigenvalue weighted by atomic mass is 10.2. The summed E-state index contributed by atoms with van der Waals surface area (Å²) >= 11 is 0. The molecule has 1 rings (SSSR count). The molecule has 2 amide bonds. The molecule has 1 saturated heterocycles. The minimum absolute atomic E-state index is 0.00484. The van der Waals surface area contributed by atoms with E-state index < -0.39 is 33.2 Å². The summed E-state index contributed by atoms with van der Waals surface area (Å²) in [5, 5.41) is 2.69. The molecule has 23 heavy (non-hydrogen) atoms. The maximum absolute atomic E-state index is 11.9. The lowest BCUT2D eigenvalue weighted by Gasteiger charge is -2.24. The highest BCUT2D eigenvalue weighted by atomic mass is 32.2. The van der Waals surface area contributed by atoms with Crippen LogP contribution in [0.5, 0.6) is 0 Å². The van der Waals surface area contributed by atoms with E-state index in [4.69, 9.17) is 4.74 Å². The first-order chi connectivity index (χ1) is 10.4. The van der Waals surface area contributed by atoms with Crippen LogP contribution in [0.3, 0.4) is 0 Å². The number of hydrogen-bond acceptors (Lipinski definition) is 5. The average molecular weight is 348 g/mol. The predicted octanol–water partition coefficient (Wildman–Crippen LogP) is 1.18. The van der Waals surface area contributed by atoms with Gasteiger partial charge in [0.05, 0.1) is 5.75 Å². The Labute approximate surface area is 138 Å². The van der Waals surface area contributed by atoms with Crippen LogP contribution < -0.4 is 5.32 Å².